The van der Waals surface area contributed by atoms with Crippen molar-refractivity contribution >= 4 is 33.3 Å². The lowest BCUT2D eigenvalue weighted by Gasteiger charge is -2.09. The number of carbonyl (C=O) groups is 2. The van der Waals surface area contributed by atoms with E-state index < -0.39 is 0 Å². The molecular formula is C16H17BrN2O2. The predicted molar refractivity (Wildman–Crippen MR) is 86.8 cm³/mol. The highest BCUT2D eigenvalue weighted by molar-refractivity contribution is 9.10. The molecule has 0 aliphatic heterocycles. The summed E-state index contributed by atoms with van der Waals surface area (Å²) in [5.41, 5.74) is 1.91. The van der Waals surface area contributed by atoms with Crippen LogP contribution in [0.15, 0.2) is 41.0 Å². The number of carbonyl (C=O) groups excluding carboxylic acids is 2. The SMILES string of the molecule is CCCn1cc(Br)cc1C(=O)Nc1ccc(C(C)=O)cc1. The first-order chi connectivity index (χ1) is 10.0. The summed E-state index contributed by atoms with van der Waals surface area (Å²) in [7, 11) is 0. The molecule has 0 saturated carbocycles. The van der Waals surface area contributed by atoms with Crippen LogP contribution in [0.2, 0.25) is 0 Å². The van der Waals surface area contributed by atoms with E-state index in [2.05, 4.69) is 28.2 Å². The van der Waals surface area contributed by atoms with Gasteiger partial charge in [-0.3, -0.25) is 9.59 Å². The van der Waals surface area contributed by atoms with Gasteiger partial charge in [0.2, 0.25) is 0 Å². The highest BCUT2D eigenvalue weighted by Crippen LogP contribution is 2.18. The normalized spacial score (nSPS) is 10.4. The summed E-state index contributed by atoms with van der Waals surface area (Å²) in [5.74, 6) is -0.154. The Morgan fingerprint density at radius 1 is 1.24 bits per heavy atom. The third-order valence-corrected chi connectivity index (χ3v) is 3.54. The zero-order chi connectivity index (χ0) is 15.4. The van der Waals surface area contributed by atoms with Crippen molar-refractivity contribution < 1.29 is 9.59 Å². The van der Waals surface area contributed by atoms with Gasteiger partial charge in [0.15, 0.2) is 5.78 Å². The number of aryl methyl sites for hydroxylation is 1. The minimum absolute atomic E-state index is 0.00799. The average molecular weight is 349 g/mol. The van der Waals surface area contributed by atoms with Crippen LogP contribution < -0.4 is 5.32 Å². The van der Waals surface area contributed by atoms with Crippen LogP contribution in [0.1, 0.15) is 41.1 Å². The lowest BCUT2D eigenvalue weighted by molar-refractivity contribution is 0.101. The van der Waals surface area contributed by atoms with Gasteiger partial charge < -0.3 is 9.88 Å². The lowest BCUT2D eigenvalue weighted by atomic mass is 10.1. The van der Waals surface area contributed by atoms with E-state index in [1.54, 1.807) is 30.3 Å². The van der Waals surface area contributed by atoms with Crippen LogP contribution in [-0.4, -0.2) is 16.3 Å². The largest absolute Gasteiger partial charge is 0.342 e. The van der Waals surface area contributed by atoms with Crippen molar-refractivity contribution in [2.75, 3.05) is 5.32 Å². The Labute approximate surface area is 132 Å². The number of aromatic nitrogens is 1. The summed E-state index contributed by atoms with van der Waals surface area (Å²) in [4.78, 5) is 23.5. The van der Waals surface area contributed by atoms with E-state index in [-0.39, 0.29) is 11.7 Å². The molecular weight excluding hydrogens is 332 g/mol. The van der Waals surface area contributed by atoms with Crippen molar-refractivity contribution in [2.45, 2.75) is 26.8 Å². The number of benzene rings is 1. The molecule has 21 heavy (non-hydrogen) atoms. The molecule has 0 unspecified atom stereocenters. The second-order valence-electron chi connectivity index (χ2n) is 4.82. The Morgan fingerprint density at radius 2 is 1.90 bits per heavy atom. The third-order valence-electron chi connectivity index (χ3n) is 3.11. The fourth-order valence-electron chi connectivity index (χ4n) is 2.07. The Hall–Kier alpha value is -1.88. The molecule has 0 atom stereocenters. The van der Waals surface area contributed by atoms with Crippen molar-refractivity contribution in [3.8, 4) is 0 Å². The van der Waals surface area contributed by atoms with E-state index in [4.69, 9.17) is 0 Å². The number of hydrogen-bond acceptors (Lipinski definition) is 2. The molecule has 2 rings (SSSR count). The molecule has 1 N–H and O–H groups in total. The molecule has 4 nitrogen and oxygen atoms in total. The molecule has 0 aliphatic rings. The number of Topliss-reactive ketones (excluding diaryl/α,β-unsaturated/α-hetero) is 1. The quantitative estimate of drug-likeness (QED) is 0.826. The monoisotopic (exact) mass is 348 g/mol. The predicted octanol–water partition coefficient (Wildman–Crippen LogP) is 4.12. The Bertz CT molecular complexity index is 659. The first-order valence-electron chi connectivity index (χ1n) is 6.79. The van der Waals surface area contributed by atoms with Crippen molar-refractivity contribution in [3.05, 3.63) is 52.3 Å². The second-order valence-corrected chi connectivity index (χ2v) is 5.74. The summed E-state index contributed by atoms with van der Waals surface area (Å²) < 4.78 is 2.80. The number of amides is 1. The first-order valence-corrected chi connectivity index (χ1v) is 7.58. The maximum Gasteiger partial charge on any atom is 0.272 e. The van der Waals surface area contributed by atoms with Gasteiger partial charge in [0.1, 0.15) is 5.69 Å². The number of anilines is 1. The fourth-order valence-corrected chi connectivity index (χ4v) is 2.54. The summed E-state index contributed by atoms with van der Waals surface area (Å²) >= 11 is 3.39. The van der Waals surface area contributed by atoms with Gasteiger partial charge in [-0.2, -0.15) is 0 Å². The van der Waals surface area contributed by atoms with Crippen molar-refractivity contribution in [1.82, 2.24) is 4.57 Å². The van der Waals surface area contributed by atoms with Gasteiger partial charge in [0.25, 0.3) is 5.91 Å². The fraction of sp³-hybridized carbons (Fsp3) is 0.250. The number of halogens is 1. The van der Waals surface area contributed by atoms with Crippen LogP contribution in [0.4, 0.5) is 5.69 Å². The van der Waals surface area contributed by atoms with E-state index in [0.29, 0.717) is 16.9 Å². The number of rotatable bonds is 5. The Balaban J connectivity index is 2.15. The second kappa shape index (κ2) is 6.72. The van der Waals surface area contributed by atoms with Crippen LogP contribution in [0.25, 0.3) is 0 Å². The zero-order valence-corrected chi connectivity index (χ0v) is 13.6. The molecule has 1 amide bonds. The third kappa shape index (κ3) is 3.82. The highest BCUT2D eigenvalue weighted by Gasteiger charge is 2.13. The number of hydrogen-bond donors (Lipinski definition) is 1. The van der Waals surface area contributed by atoms with Crippen LogP contribution in [0.3, 0.4) is 0 Å². The highest BCUT2D eigenvalue weighted by atomic mass is 79.9. The van der Waals surface area contributed by atoms with Gasteiger partial charge in [-0.15, -0.1) is 0 Å². The number of nitrogens with zero attached hydrogens (tertiary/aromatic N) is 1. The molecule has 1 heterocycles. The molecule has 0 spiro atoms. The molecule has 0 fully saturated rings. The standard InChI is InChI=1S/C16H17BrN2O2/c1-3-8-19-10-13(17)9-15(19)16(21)18-14-6-4-12(5-7-14)11(2)20/h4-7,9-10H,3,8H2,1-2H3,(H,18,21). The van der Waals surface area contributed by atoms with E-state index in [1.807, 2.05) is 10.8 Å². The summed E-state index contributed by atoms with van der Waals surface area (Å²) in [6.45, 7) is 4.37. The van der Waals surface area contributed by atoms with Crippen LogP contribution >= 0.6 is 15.9 Å². The average Bonchev–Trinajstić information content (AvgIpc) is 2.81. The Morgan fingerprint density at radius 3 is 2.48 bits per heavy atom. The van der Waals surface area contributed by atoms with Crippen molar-refractivity contribution in [1.29, 1.82) is 0 Å². The lowest BCUT2D eigenvalue weighted by Crippen LogP contribution is -2.16. The zero-order valence-electron chi connectivity index (χ0n) is 12.0. The van der Waals surface area contributed by atoms with E-state index >= 15 is 0 Å². The molecule has 1 aromatic heterocycles. The minimum atomic E-state index is -0.162. The molecule has 5 heteroatoms. The van der Waals surface area contributed by atoms with E-state index in [9.17, 15) is 9.59 Å². The van der Waals surface area contributed by atoms with Gasteiger partial charge in [-0.25, -0.2) is 0 Å². The Kier molecular flexibility index (Phi) is 4.96. The van der Waals surface area contributed by atoms with Crippen LogP contribution in [-0.2, 0) is 6.54 Å². The van der Waals surface area contributed by atoms with Crippen molar-refractivity contribution in [3.63, 3.8) is 0 Å². The van der Waals surface area contributed by atoms with Gasteiger partial charge in [0.05, 0.1) is 0 Å². The molecule has 0 saturated heterocycles. The maximum atomic E-state index is 12.3. The maximum absolute atomic E-state index is 12.3. The molecule has 1 aromatic carbocycles. The first kappa shape index (κ1) is 15.5. The van der Waals surface area contributed by atoms with E-state index in [0.717, 1.165) is 17.4 Å². The molecule has 0 aliphatic carbocycles. The number of nitrogens with one attached hydrogen (secondary N) is 1. The summed E-state index contributed by atoms with van der Waals surface area (Å²) in [6, 6.07) is 8.68. The van der Waals surface area contributed by atoms with Crippen LogP contribution in [0.5, 0.6) is 0 Å². The summed E-state index contributed by atoms with van der Waals surface area (Å²) in [5, 5.41) is 2.84. The molecule has 110 valence electrons. The molecule has 0 bridgehead atoms. The van der Waals surface area contributed by atoms with Gasteiger partial charge >= 0.3 is 0 Å². The minimum Gasteiger partial charge on any atom is -0.342 e. The van der Waals surface area contributed by atoms with Gasteiger partial charge in [0, 0.05) is 28.5 Å². The topological polar surface area (TPSA) is 51.1 Å². The number of ketones is 1. The molecule has 2 aromatic rings. The van der Waals surface area contributed by atoms with Crippen LogP contribution in [0, 0.1) is 0 Å². The summed E-state index contributed by atoms with van der Waals surface area (Å²) in [6.07, 6.45) is 2.85. The van der Waals surface area contributed by atoms with Crippen molar-refractivity contribution in [2.24, 2.45) is 0 Å². The van der Waals surface area contributed by atoms with Gasteiger partial charge in [-0.1, -0.05) is 6.92 Å². The smallest absolute Gasteiger partial charge is 0.272 e. The van der Waals surface area contributed by atoms with E-state index in [1.165, 1.54) is 6.92 Å². The molecule has 0 radical (unpaired) electrons. The van der Waals surface area contributed by atoms with Gasteiger partial charge in [-0.05, 0) is 59.6 Å².